The molecule has 0 aliphatic heterocycles. The third kappa shape index (κ3) is 6.22. The maximum Gasteiger partial charge on any atom is 0.300 e. The zero-order valence-corrected chi connectivity index (χ0v) is 14.7. The monoisotopic (exact) mass is 304 g/mol. The van der Waals surface area contributed by atoms with Gasteiger partial charge >= 0.3 is 5.89 Å². The predicted molar refractivity (Wildman–Crippen MR) is 90.7 cm³/mol. The SMILES string of the molecule is CCCCCCCC(C)(CCCCCC)c1cnc(C#N)o1. The number of hydrogen-bond donors (Lipinski definition) is 0. The second kappa shape index (κ2) is 10.4. The highest BCUT2D eigenvalue weighted by atomic mass is 16.4. The van der Waals surface area contributed by atoms with Crippen molar-refractivity contribution in [2.24, 2.45) is 0 Å². The summed E-state index contributed by atoms with van der Waals surface area (Å²) in [5, 5.41) is 8.93. The molecule has 3 nitrogen and oxygen atoms in total. The van der Waals surface area contributed by atoms with Crippen LogP contribution in [0.3, 0.4) is 0 Å². The van der Waals surface area contributed by atoms with Gasteiger partial charge in [-0.1, -0.05) is 78.6 Å². The van der Waals surface area contributed by atoms with Crippen molar-refractivity contribution in [3.05, 3.63) is 17.8 Å². The quantitative estimate of drug-likeness (QED) is 0.436. The number of rotatable bonds is 12. The lowest BCUT2D eigenvalue weighted by molar-refractivity contribution is 0.296. The maximum absolute atomic E-state index is 8.93. The van der Waals surface area contributed by atoms with Crippen LogP contribution in [0.1, 0.15) is 103 Å². The van der Waals surface area contributed by atoms with Crippen molar-refractivity contribution in [3.63, 3.8) is 0 Å². The molecule has 0 aromatic carbocycles. The summed E-state index contributed by atoms with van der Waals surface area (Å²) in [5.41, 5.74) is 0.0298. The van der Waals surface area contributed by atoms with Crippen LogP contribution < -0.4 is 0 Å². The molecule has 0 bridgehead atoms. The molecule has 1 unspecified atom stereocenters. The Bertz CT molecular complexity index is 447. The second-order valence-corrected chi connectivity index (χ2v) is 6.68. The first-order valence-electron chi connectivity index (χ1n) is 9.02. The first kappa shape index (κ1) is 18.7. The van der Waals surface area contributed by atoms with Gasteiger partial charge in [-0.15, -0.1) is 0 Å². The normalized spacial score (nSPS) is 13.7. The summed E-state index contributed by atoms with van der Waals surface area (Å²) >= 11 is 0. The Hall–Kier alpha value is -1.30. The van der Waals surface area contributed by atoms with Gasteiger partial charge in [0.1, 0.15) is 5.76 Å². The van der Waals surface area contributed by atoms with Gasteiger partial charge in [-0.25, -0.2) is 4.98 Å². The molecule has 0 saturated carbocycles. The largest absolute Gasteiger partial charge is 0.433 e. The lowest BCUT2D eigenvalue weighted by Crippen LogP contribution is -2.21. The molecule has 0 saturated heterocycles. The molecule has 1 aromatic rings. The van der Waals surface area contributed by atoms with Gasteiger partial charge in [0.2, 0.25) is 0 Å². The third-order valence-corrected chi connectivity index (χ3v) is 4.61. The molecule has 3 heteroatoms. The summed E-state index contributed by atoms with van der Waals surface area (Å²) in [6, 6.07) is 2.00. The van der Waals surface area contributed by atoms with Gasteiger partial charge in [0.15, 0.2) is 6.07 Å². The second-order valence-electron chi connectivity index (χ2n) is 6.68. The van der Waals surface area contributed by atoms with Crippen LogP contribution in [-0.2, 0) is 5.41 Å². The molecule has 1 heterocycles. The van der Waals surface area contributed by atoms with Gasteiger partial charge in [0, 0.05) is 5.41 Å². The molecule has 0 aliphatic rings. The van der Waals surface area contributed by atoms with Crippen molar-refractivity contribution >= 4 is 0 Å². The van der Waals surface area contributed by atoms with E-state index in [1.165, 1.54) is 57.8 Å². The Labute approximate surface area is 136 Å². The van der Waals surface area contributed by atoms with E-state index in [9.17, 15) is 0 Å². The molecule has 0 fully saturated rings. The molecule has 22 heavy (non-hydrogen) atoms. The predicted octanol–water partition coefficient (Wildman–Crippen LogP) is 6.13. The van der Waals surface area contributed by atoms with E-state index in [4.69, 9.17) is 9.68 Å². The van der Waals surface area contributed by atoms with Crippen molar-refractivity contribution in [2.75, 3.05) is 0 Å². The lowest BCUT2D eigenvalue weighted by atomic mass is 9.78. The average molecular weight is 304 g/mol. The minimum Gasteiger partial charge on any atom is -0.433 e. The fraction of sp³-hybridized carbons (Fsp3) is 0.789. The van der Waals surface area contributed by atoms with Crippen molar-refractivity contribution < 1.29 is 4.42 Å². The van der Waals surface area contributed by atoms with Crippen LogP contribution in [0.4, 0.5) is 0 Å². The van der Waals surface area contributed by atoms with E-state index in [2.05, 4.69) is 25.8 Å². The van der Waals surface area contributed by atoms with Gasteiger partial charge in [0.05, 0.1) is 6.20 Å². The number of oxazole rings is 1. The van der Waals surface area contributed by atoms with E-state index >= 15 is 0 Å². The summed E-state index contributed by atoms with van der Waals surface area (Å²) in [6.07, 6.45) is 15.5. The minimum absolute atomic E-state index is 0.0298. The van der Waals surface area contributed by atoms with Crippen LogP contribution in [0.5, 0.6) is 0 Å². The summed E-state index contributed by atoms with van der Waals surface area (Å²) < 4.78 is 5.66. The third-order valence-electron chi connectivity index (χ3n) is 4.61. The van der Waals surface area contributed by atoms with Crippen LogP contribution in [0.25, 0.3) is 0 Å². The van der Waals surface area contributed by atoms with Crippen LogP contribution in [0, 0.1) is 11.3 Å². The highest BCUT2D eigenvalue weighted by Gasteiger charge is 2.30. The zero-order valence-electron chi connectivity index (χ0n) is 14.7. The van der Waals surface area contributed by atoms with Crippen LogP contribution >= 0.6 is 0 Å². The molecule has 0 aliphatic carbocycles. The highest BCUT2D eigenvalue weighted by Crippen LogP contribution is 2.35. The number of hydrogen-bond acceptors (Lipinski definition) is 3. The molecule has 0 N–H and O–H groups in total. The van der Waals surface area contributed by atoms with E-state index < -0.39 is 0 Å². The van der Waals surface area contributed by atoms with Gasteiger partial charge in [-0.05, 0) is 12.8 Å². The van der Waals surface area contributed by atoms with Crippen molar-refractivity contribution in [3.8, 4) is 6.07 Å². The van der Waals surface area contributed by atoms with Crippen LogP contribution in [0.15, 0.2) is 10.6 Å². The van der Waals surface area contributed by atoms with E-state index in [1.54, 1.807) is 6.20 Å². The van der Waals surface area contributed by atoms with Gasteiger partial charge in [-0.3, -0.25) is 0 Å². The Kier molecular flexibility index (Phi) is 8.89. The first-order valence-corrected chi connectivity index (χ1v) is 9.02. The van der Waals surface area contributed by atoms with E-state index in [1.807, 2.05) is 6.07 Å². The molecule has 1 atom stereocenters. The topological polar surface area (TPSA) is 49.8 Å². The molecule has 1 rings (SSSR count). The molecular formula is C19H32N2O. The average Bonchev–Trinajstić information content (AvgIpc) is 3.01. The smallest absolute Gasteiger partial charge is 0.300 e. The first-order chi connectivity index (χ1) is 10.7. The fourth-order valence-electron chi connectivity index (χ4n) is 3.04. The Balaban J connectivity index is 2.60. The number of nitriles is 1. The van der Waals surface area contributed by atoms with Crippen LogP contribution in [-0.4, -0.2) is 4.98 Å². The lowest BCUT2D eigenvalue weighted by Gasteiger charge is -2.27. The molecule has 124 valence electrons. The van der Waals surface area contributed by atoms with E-state index in [0.29, 0.717) is 0 Å². The Morgan fingerprint density at radius 1 is 1.00 bits per heavy atom. The minimum atomic E-state index is 0.0298. The summed E-state index contributed by atoms with van der Waals surface area (Å²) in [6.45, 7) is 6.76. The maximum atomic E-state index is 8.93. The van der Waals surface area contributed by atoms with Gasteiger partial charge < -0.3 is 4.42 Å². The Morgan fingerprint density at radius 3 is 2.05 bits per heavy atom. The fourth-order valence-corrected chi connectivity index (χ4v) is 3.04. The van der Waals surface area contributed by atoms with E-state index in [0.717, 1.165) is 18.6 Å². The summed E-state index contributed by atoms with van der Waals surface area (Å²) in [4.78, 5) is 4.08. The van der Waals surface area contributed by atoms with Crippen molar-refractivity contribution in [1.29, 1.82) is 5.26 Å². The van der Waals surface area contributed by atoms with E-state index in [-0.39, 0.29) is 11.3 Å². The molecule has 0 radical (unpaired) electrons. The molecular weight excluding hydrogens is 272 g/mol. The highest BCUT2D eigenvalue weighted by molar-refractivity contribution is 5.14. The zero-order chi connectivity index (χ0) is 16.3. The standard InChI is InChI=1S/C19H32N2O/c1-4-6-8-10-12-14-19(3,13-11-9-7-5-2)17-16-21-18(15-20)22-17/h16H,4-14H2,1-3H3. The number of unbranched alkanes of at least 4 members (excludes halogenated alkanes) is 7. The van der Waals surface area contributed by atoms with Crippen molar-refractivity contribution in [2.45, 2.75) is 96.8 Å². The molecule has 1 aromatic heterocycles. The van der Waals surface area contributed by atoms with Gasteiger partial charge in [-0.2, -0.15) is 5.26 Å². The molecule has 0 amide bonds. The Morgan fingerprint density at radius 2 is 1.55 bits per heavy atom. The van der Waals surface area contributed by atoms with Crippen molar-refractivity contribution in [1.82, 2.24) is 4.98 Å². The summed E-state index contributed by atoms with van der Waals surface area (Å²) in [7, 11) is 0. The van der Waals surface area contributed by atoms with Gasteiger partial charge in [0.25, 0.3) is 0 Å². The molecule has 0 spiro atoms. The number of nitrogens with zero attached hydrogens (tertiary/aromatic N) is 2. The summed E-state index contributed by atoms with van der Waals surface area (Å²) in [5.74, 6) is 1.09. The van der Waals surface area contributed by atoms with Crippen LogP contribution in [0.2, 0.25) is 0 Å². The number of aromatic nitrogens is 1.